The number of anilines is 3. The quantitative estimate of drug-likeness (QED) is 0.270. The molecule has 3 aromatic heterocycles. The summed E-state index contributed by atoms with van der Waals surface area (Å²) in [7, 11) is 3.75. The van der Waals surface area contributed by atoms with Gasteiger partial charge in [0.2, 0.25) is 11.8 Å². The SMILES string of the molecule is CCc1nc2ccc(N3CCN(C(=O)C(CC)CN(C)C(C)=O)CC3)cn2c1N(C)c1nc(-c2ccc(F)cc2)cs1. The van der Waals surface area contributed by atoms with Gasteiger partial charge in [-0.3, -0.25) is 14.0 Å². The van der Waals surface area contributed by atoms with E-state index in [1.54, 1.807) is 24.1 Å². The van der Waals surface area contributed by atoms with Gasteiger partial charge in [-0.25, -0.2) is 14.4 Å². The molecule has 0 radical (unpaired) electrons. The third-order valence-corrected chi connectivity index (χ3v) is 8.97. The highest BCUT2D eigenvalue weighted by Gasteiger charge is 2.28. The van der Waals surface area contributed by atoms with Crippen LogP contribution in [0.1, 0.15) is 32.9 Å². The number of benzene rings is 1. The number of hydrogen-bond donors (Lipinski definition) is 0. The molecule has 0 bridgehead atoms. The van der Waals surface area contributed by atoms with Crippen molar-refractivity contribution in [3.63, 3.8) is 0 Å². The summed E-state index contributed by atoms with van der Waals surface area (Å²) in [4.78, 5) is 42.6. The molecule has 0 N–H and O–H groups in total. The van der Waals surface area contributed by atoms with Gasteiger partial charge in [-0.1, -0.05) is 13.8 Å². The summed E-state index contributed by atoms with van der Waals surface area (Å²) < 4.78 is 15.5. The number of nitrogens with zero attached hydrogens (tertiary/aromatic N) is 7. The van der Waals surface area contributed by atoms with Crippen LogP contribution in [-0.4, -0.2) is 82.8 Å². The molecule has 0 spiro atoms. The number of hydrogen-bond acceptors (Lipinski definition) is 7. The maximum Gasteiger partial charge on any atom is 0.227 e. The highest BCUT2D eigenvalue weighted by atomic mass is 32.1. The number of fused-ring (bicyclic) bond motifs is 1. The van der Waals surface area contributed by atoms with Gasteiger partial charge in [0.05, 0.1) is 23.0 Å². The van der Waals surface area contributed by atoms with Crippen LogP contribution in [0.4, 0.5) is 21.0 Å². The molecule has 0 aliphatic carbocycles. The van der Waals surface area contributed by atoms with Crippen LogP contribution in [0.25, 0.3) is 16.9 Å². The van der Waals surface area contributed by atoms with Gasteiger partial charge in [-0.15, -0.1) is 11.3 Å². The van der Waals surface area contributed by atoms with Crippen molar-refractivity contribution in [3.8, 4) is 11.3 Å². The maximum atomic E-state index is 13.4. The fourth-order valence-corrected chi connectivity index (χ4v) is 6.20. The highest BCUT2D eigenvalue weighted by molar-refractivity contribution is 7.14. The number of carbonyl (C=O) groups is 2. The molecule has 0 saturated carbocycles. The summed E-state index contributed by atoms with van der Waals surface area (Å²) >= 11 is 1.54. The zero-order valence-electron chi connectivity index (χ0n) is 24.9. The Morgan fingerprint density at radius 1 is 1.02 bits per heavy atom. The lowest BCUT2D eigenvalue weighted by Crippen LogP contribution is -2.51. The van der Waals surface area contributed by atoms with E-state index < -0.39 is 0 Å². The molecular weight excluding hydrogens is 553 g/mol. The van der Waals surface area contributed by atoms with Gasteiger partial charge in [-0.2, -0.15) is 0 Å². The number of piperazine rings is 1. The van der Waals surface area contributed by atoms with Crippen molar-refractivity contribution in [2.24, 2.45) is 5.92 Å². The molecule has 1 atom stereocenters. The number of aromatic nitrogens is 3. The summed E-state index contributed by atoms with van der Waals surface area (Å²) in [5, 5.41) is 2.81. The molecule has 2 amide bonds. The van der Waals surface area contributed by atoms with Crippen molar-refractivity contribution in [3.05, 3.63) is 59.5 Å². The zero-order chi connectivity index (χ0) is 30.0. The topological polar surface area (TPSA) is 77.3 Å². The molecule has 1 aliphatic rings. The summed E-state index contributed by atoms with van der Waals surface area (Å²) in [6, 6.07) is 10.5. The van der Waals surface area contributed by atoms with Crippen molar-refractivity contribution < 1.29 is 14.0 Å². The van der Waals surface area contributed by atoms with Crippen LogP contribution in [-0.2, 0) is 16.0 Å². The number of halogens is 1. The van der Waals surface area contributed by atoms with Gasteiger partial charge < -0.3 is 19.6 Å². The van der Waals surface area contributed by atoms with E-state index in [1.807, 2.05) is 30.3 Å². The molecule has 11 heteroatoms. The highest BCUT2D eigenvalue weighted by Crippen LogP contribution is 2.34. The lowest BCUT2D eigenvalue weighted by molar-refractivity contribution is -0.138. The third kappa shape index (κ3) is 5.97. The second-order valence-electron chi connectivity index (χ2n) is 10.7. The Kier molecular flexibility index (Phi) is 8.77. The minimum Gasteiger partial charge on any atom is -0.367 e. The Balaban J connectivity index is 1.34. The van der Waals surface area contributed by atoms with Crippen molar-refractivity contribution in [1.82, 2.24) is 24.2 Å². The number of thiazole rings is 1. The fraction of sp³-hybridized carbons (Fsp3) is 0.419. The van der Waals surface area contributed by atoms with Crippen LogP contribution >= 0.6 is 11.3 Å². The number of aryl methyl sites for hydroxylation is 1. The summed E-state index contributed by atoms with van der Waals surface area (Å²) in [6.07, 6.45) is 3.59. The summed E-state index contributed by atoms with van der Waals surface area (Å²) in [5.41, 5.74) is 4.59. The normalized spacial score (nSPS) is 14.3. The molecule has 1 saturated heterocycles. The van der Waals surface area contributed by atoms with Gasteiger partial charge in [-0.05, 0) is 49.2 Å². The first-order valence-corrected chi connectivity index (χ1v) is 15.3. The second kappa shape index (κ2) is 12.5. The lowest BCUT2D eigenvalue weighted by Gasteiger charge is -2.38. The van der Waals surface area contributed by atoms with Crippen LogP contribution in [0.15, 0.2) is 48.0 Å². The van der Waals surface area contributed by atoms with E-state index in [0.29, 0.717) is 26.1 Å². The number of imidazole rings is 1. The van der Waals surface area contributed by atoms with Crippen LogP contribution in [0.2, 0.25) is 0 Å². The first kappa shape index (κ1) is 29.5. The van der Waals surface area contributed by atoms with E-state index in [2.05, 4.69) is 33.4 Å². The average Bonchev–Trinajstić information content (AvgIpc) is 3.64. The van der Waals surface area contributed by atoms with Crippen molar-refractivity contribution >= 4 is 45.4 Å². The zero-order valence-corrected chi connectivity index (χ0v) is 25.7. The Labute approximate surface area is 250 Å². The first-order chi connectivity index (χ1) is 20.2. The van der Waals surface area contributed by atoms with E-state index in [-0.39, 0.29) is 23.5 Å². The molecule has 4 heterocycles. The smallest absolute Gasteiger partial charge is 0.227 e. The molecular formula is C31H38FN7O2S. The molecule has 4 aromatic rings. The predicted molar refractivity (Wildman–Crippen MR) is 166 cm³/mol. The second-order valence-corrected chi connectivity index (χ2v) is 11.6. The maximum absolute atomic E-state index is 13.4. The summed E-state index contributed by atoms with van der Waals surface area (Å²) in [5.74, 6) is 0.600. The molecule has 5 rings (SSSR count). The third-order valence-electron chi connectivity index (χ3n) is 8.05. The first-order valence-electron chi connectivity index (χ1n) is 14.4. The monoisotopic (exact) mass is 591 g/mol. The Hall–Kier alpha value is -3.99. The number of carbonyl (C=O) groups excluding carboxylic acids is 2. The standard InChI is InChI=1S/C31H38FN7O2S/c1-6-22(18-35(4)21(3)40)30(41)38-16-14-37(15-17-38)25-12-13-28-33-26(7-2)29(39(28)19-25)36(5)31-34-27(20-42-31)23-8-10-24(32)11-9-23/h8-13,19-20,22H,6-7,14-18H2,1-5H3. The molecule has 1 fully saturated rings. The van der Waals surface area contributed by atoms with Crippen molar-refractivity contribution in [1.29, 1.82) is 0 Å². The van der Waals surface area contributed by atoms with E-state index in [9.17, 15) is 14.0 Å². The van der Waals surface area contributed by atoms with Crippen LogP contribution in [0.3, 0.4) is 0 Å². The van der Waals surface area contributed by atoms with Crippen molar-refractivity contribution in [2.45, 2.75) is 33.6 Å². The van der Waals surface area contributed by atoms with Crippen LogP contribution < -0.4 is 9.80 Å². The van der Waals surface area contributed by atoms with Gasteiger partial charge in [0.15, 0.2) is 5.13 Å². The van der Waals surface area contributed by atoms with E-state index in [1.165, 1.54) is 30.4 Å². The fourth-order valence-electron chi connectivity index (χ4n) is 5.40. The Bertz CT molecular complexity index is 1560. The predicted octanol–water partition coefficient (Wildman–Crippen LogP) is 5.08. The largest absolute Gasteiger partial charge is 0.367 e. The minimum absolute atomic E-state index is 0.0274. The Morgan fingerprint density at radius 3 is 2.38 bits per heavy atom. The van der Waals surface area contributed by atoms with Gasteiger partial charge in [0.25, 0.3) is 0 Å². The lowest BCUT2D eigenvalue weighted by atomic mass is 10.0. The van der Waals surface area contributed by atoms with Crippen molar-refractivity contribution in [2.75, 3.05) is 56.6 Å². The molecule has 1 aliphatic heterocycles. The number of pyridine rings is 1. The molecule has 42 heavy (non-hydrogen) atoms. The molecule has 9 nitrogen and oxygen atoms in total. The number of amides is 2. The Morgan fingerprint density at radius 2 is 1.74 bits per heavy atom. The number of rotatable bonds is 9. The molecule has 1 unspecified atom stereocenters. The average molecular weight is 592 g/mol. The molecule has 1 aromatic carbocycles. The summed E-state index contributed by atoms with van der Waals surface area (Å²) in [6.45, 7) is 8.80. The van der Waals surface area contributed by atoms with E-state index in [0.717, 1.165) is 58.7 Å². The van der Waals surface area contributed by atoms with Gasteiger partial charge in [0, 0.05) is 70.9 Å². The minimum atomic E-state index is -0.267. The van der Waals surface area contributed by atoms with Gasteiger partial charge >= 0.3 is 0 Å². The van der Waals surface area contributed by atoms with Crippen LogP contribution in [0, 0.1) is 11.7 Å². The van der Waals surface area contributed by atoms with E-state index in [4.69, 9.17) is 9.97 Å². The molecule has 222 valence electrons. The van der Waals surface area contributed by atoms with Crippen LogP contribution in [0.5, 0.6) is 0 Å². The van der Waals surface area contributed by atoms with E-state index >= 15 is 0 Å². The van der Waals surface area contributed by atoms with Gasteiger partial charge in [0.1, 0.15) is 17.3 Å².